The van der Waals surface area contributed by atoms with E-state index in [4.69, 9.17) is 0 Å². The van der Waals surface area contributed by atoms with Gasteiger partial charge < -0.3 is 15.7 Å². The summed E-state index contributed by atoms with van der Waals surface area (Å²) in [6, 6.07) is 17.0. The van der Waals surface area contributed by atoms with Crippen LogP contribution in [0.1, 0.15) is 36.1 Å². The summed E-state index contributed by atoms with van der Waals surface area (Å²) in [7, 11) is 0. The maximum Gasteiger partial charge on any atom is 0.123 e. The molecule has 3 rings (SSSR count). The number of halogens is 1. The summed E-state index contributed by atoms with van der Waals surface area (Å²) in [4.78, 5) is 0. The van der Waals surface area contributed by atoms with E-state index in [9.17, 15) is 9.50 Å². The van der Waals surface area contributed by atoms with Gasteiger partial charge in [-0.25, -0.2) is 4.39 Å². The smallest absolute Gasteiger partial charge is 0.123 e. The van der Waals surface area contributed by atoms with E-state index in [1.54, 1.807) is 12.1 Å². The van der Waals surface area contributed by atoms with Gasteiger partial charge in [0.1, 0.15) is 5.82 Å². The van der Waals surface area contributed by atoms with Crippen molar-refractivity contribution in [2.24, 2.45) is 0 Å². The van der Waals surface area contributed by atoms with Gasteiger partial charge in [0, 0.05) is 12.1 Å². The fourth-order valence-corrected chi connectivity index (χ4v) is 3.29. The van der Waals surface area contributed by atoms with Crippen LogP contribution in [0, 0.1) is 5.82 Å². The first-order valence-corrected chi connectivity index (χ1v) is 8.18. The number of hydrogen-bond donors (Lipinski definition) is 3. The normalized spacial score (nSPS) is 22.7. The second kappa shape index (κ2) is 7.68. The van der Waals surface area contributed by atoms with Crippen molar-refractivity contribution in [1.29, 1.82) is 0 Å². The lowest BCUT2D eigenvalue weighted by molar-refractivity contribution is 0.206. The second-order valence-electron chi connectivity index (χ2n) is 6.04. The van der Waals surface area contributed by atoms with Crippen LogP contribution in [0.2, 0.25) is 0 Å². The summed E-state index contributed by atoms with van der Waals surface area (Å²) < 4.78 is 13.1. The first-order chi connectivity index (χ1) is 11.3. The van der Waals surface area contributed by atoms with Crippen LogP contribution in [0.25, 0.3) is 0 Å². The minimum Gasteiger partial charge on any atom is -0.394 e. The van der Waals surface area contributed by atoms with Crippen molar-refractivity contribution in [1.82, 2.24) is 10.6 Å². The van der Waals surface area contributed by atoms with Gasteiger partial charge in [-0.3, -0.25) is 0 Å². The Labute approximate surface area is 136 Å². The highest BCUT2D eigenvalue weighted by Crippen LogP contribution is 2.26. The molecule has 0 saturated carbocycles. The third-order valence-corrected chi connectivity index (χ3v) is 4.49. The molecule has 1 heterocycles. The molecule has 3 nitrogen and oxygen atoms in total. The highest BCUT2D eigenvalue weighted by molar-refractivity contribution is 5.23. The Morgan fingerprint density at radius 2 is 1.87 bits per heavy atom. The molecule has 0 aromatic heterocycles. The molecule has 4 heteroatoms. The zero-order chi connectivity index (χ0) is 16.1. The molecule has 3 N–H and O–H groups in total. The van der Waals surface area contributed by atoms with Gasteiger partial charge in [-0.05, 0) is 42.6 Å². The molecule has 1 aliphatic heterocycles. The summed E-state index contributed by atoms with van der Waals surface area (Å²) in [5.74, 6) is -0.257. The lowest BCUT2D eigenvalue weighted by Gasteiger charge is -2.36. The standard InChI is InChI=1S/C19H23FN2O/c20-16-10-8-14(9-11-16)18(13-23)22-17-7-4-12-21-19(17)15-5-2-1-3-6-15/h1-3,5-6,8-11,17-19,21-23H,4,7,12-13H2. The Morgan fingerprint density at radius 1 is 1.13 bits per heavy atom. The molecule has 1 aliphatic rings. The molecule has 0 aliphatic carbocycles. The molecule has 0 spiro atoms. The van der Waals surface area contributed by atoms with Crippen LogP contribution in [-0.2, 0) is 0 Å². The average Bonchev–Trinajstić information content (AvgIpc) is 2.62. The molecule has 2 aromatic carbocycles. The first-order valence-electron chi connectivity index (χ1n) is 8.18. The fourth-order valence-electron chi connectivity index (χ4n) is 3.29. The summed E-state index contributed by atoms with van der Waals surface area (Å²) >= 11 is 0. The van der Waals surface area contributed by atoms with Crippen LogP contribution in [0.15, 0.2) is 54.6 Å². The molecule has 0 radical (unpaired) electrons. The maximum absolute atomic E-state index is 13.1. The van der Waals surface area contributed by atoms with Gasteiger partial charge in [-0.15, -0.1) is 0 Å². The molecule has 23 heavy (non-hydrogen) atoms. The maximum atomic E-state index is 13.1. The van der Waals surface area contributed by atoms with Gasteiger partial charge in [0.2, 0.25) is 0 Å². The van der Waals surface area contributed by atoms with Crippen molar-refractivity contribution in [3.63, 3.8) is 0 Å². The quantitative estimate of drug-likeness (QED) is 0.795. The number of hydrogen-bond acceptors (Lipinski definition) is 3. The Bertz CT molecular complexity index is 603. The first kappa shape index (κ1) is 16.1. The fraction of sp³-hybridized carbons (Fsp3) is 0.368. The molecule has 0 amide bonds. The minimum absolute atomic E-state index is 0.0103. The molecular formula is C19H23FN2O. The Hall–Kier alpha value is -1.75. The van der Waals surface area contributed by atoms with Gasteiger partial charge in [0.25, 0.3) is 0 Å². The van der Waals surface area contributed by atoms with Gasteiger partial charge in [0.05, 0.1) is 12.6 Å². The molecule has 3 atom stereocenters. The molecule has 0 bridgehead atoms. The lowest BCUT2D eigenvalue weighted by Crippen LogP contribution is -2.47. The van der Waals surface area contributed by atoms with E-state index >= 15 is 0 Å². The van der Waals surface area contributed by atoms with E-state index in [1.807, 2.05) is 18.2 Å². The van der Waals surface area contributed by atoms with Gasteiger partial charge in [0.15, 0.2) is 0 Å². The topological polar surface area (TPSA) is 44.3 Å². The second-order valence-corrected chi connectivity index (χ2v) is 6.04. The van der Waals surface area contributed by atoms with Crippen LogP contribution in [-0.4, -0.2) is 24.3 Å². The SMILES string of the molecule is OCC(NC1CCCNC1c1ccccc1)c1ccc(F)cc1. The molecule has 122 valence electrons. The van der Waals surface area contributed by atoms with E-state index in [0.717, 1.165) is 24.9 Å². The molecule has 2 aromatic rings. The van der Waals surface area contributed by atoms with E-state index in [2.05, 4.69) is 22.8 Å². The summed E-state index contributed by atoms with van der Waals surface area (Å²) in [6.07, 6.45) is 2.15. The zero-order valence-electron chi connectivity index (χ0n) is 13.1. The van der Waals surface area contributed by atoms with Crippen molar-refractivity contribution in [2.45, 2.75) is 31.0 Å². The molecule has 3 unspecified atom stereocenters. The average molecular weight is 314 g/mol. The largest absolute Gasteiger partial charge is 0.394 e. The third kappa shape index (κ3) is 3.96. The van der Waals surface area contributed by atoms with Crippen LogP contribution in [0.4, 0.5) is 4.39 Å². The monoisotopic (exact) mass is 314 g/mol. The Morgan fingerprint density at radius 3 is 2.57 bits per heavy atom. The third-order valence-electron chi connectivity index (χ3n) is 4.49. The lowest BCUT2D eigenvalue weighted by atomic mass is 9.91. The summed E-state index contributed by atoms with van der Waals surface area (Å²) in [6.45, 7) is 0.988. The van der Waals surface area contributed by atoms with Crippen molar-refractivity contribution >= 4 is 0 Å². The zero-order valence-corrected chi connectivity index (χ0v) is 13.1. The van der Waals surface area contributed by atoms with Crippen molar-refractivity contribution in [3.05, 3.63) is 71.5 Å². The van der Waals surface area contributed by atoms with Crippen molar-refractivity contribution in [3.8, 4) is 0 Å². The summed E-state index contributed by atoms with van der Waals surface area (Å²) in [5, 5.41) is 16.9. The number of rotatable bonds is 5. The number of aliphatic hydroxyl groups excluding tert-OH is 1. The van der Waals surface area contributed by atoms with Crippen molar-refractivity contribution in [2.75, 3.05) is 13.2 Å². The number of piperidine rings is 1. The number of benzene rings is 2. The van der Waals surface area contributed by atoms with E-state index in [0.29, 0.717) is 0 Å². The van der Waals surface area contributed by atoms with Gasteiger partial charge in [-0.1, -0.05) is 42.5 Å². The highest BCUT2D eigenvalue weighted by Gasteiger charge is 2.28. The predicted octanol–water partition coefficient (Wildman–Crippen LogP) is 2.94. The summed E-state index contributed by atoms with van der Waals surface area (Å²) in [5.41, 5.74) is 2.16. The van der Waals surface area contributed by atoms with Crippen molar-refractivity contribution < 1.29 is 9.50 Å². The van der Waals surface area contributed by atoms with E-state index < -0.39 is 0 Å². The van der Waals surface area contributed by atoms with Gasteiger partial charge in [-0.2, -0.15) is 0 Å². The number of nitrogens with one attached hydrogen (secondary N) is 2. The van der Waals surface area contributed by atoms with Crippen LogP contribution < -0.4 is 10.6 Å². The Balaban J connectivity index is 1.76. The predicted molar refractivity (Wildman–Crippen MR) is 89.6 cm³/mol. The minimum atomic E-state index is -0.257. The van der Waals surface area contributed by atoms with Crippen LogP contribution in [0.3, 0.4) is 0 Å². The Kier molecular flexibility index (Phi) is 5.39. The van der Waals surface area contributed by atoms with E-state index in [-0.39, 0.29) is 30.5 Å². The van der Waals surface area contributed by atoms with Crippen LogP contribution in [0.5, 0.6) is 0 Å². The molecular weight excluding hydrogens is 291 g/mol. The number of aliphatic hydroxyl groups is 1. The molecule has 1 fully saturated rings. The van der Waals surface area contributed by atoms with E-state index in [1.165, 1.54) is 17.7 Å². The molecule has 1 saturated heterocycles. The van der Waals surface area contributed by atoms with Gasteiger partial charge >= 0.3 is 0 Å². The van der Waals surface area contributed by atoms with Crippen LogP contribution >= 0.6 is 0 Å². The highest BCUT2D eigenvalue weighted by atomic mass is 19.1.